The third-order valence-corrected chi connectivity index (χ3v) is 1.86. The molecule has 0 aliphatic heterocycles. The summed E-state index contributed by atoms with van der Waals surface area (Å²) in [6.45, 7) is 4.38. The summed E-state index contributed by atoms with van der Waals surface area (Å²) in [5.74, 6) is 0.595. The average molecular weight is 153 g/mol. The zero-order valence-corrected chi connectivity index (χ0v) is 7.26. The van der Waals surface area contributed by atoms with Crippen LogP contribution in [-0.2, 0) is 0 Å². The summed E-state index contributed by atoms with van der Waals surface area (Å²) in [7, 11) is 1.97. The molecule has 0 spiro atoms. The van der Waals surface area contributed by atoms with E-state index in [1.807, 2.05) is 19.4 Å². The van der Waals surface area contributed by atoms with Gasteiger partial charge in [-0.25, -0.2) is 0 Å². The SMILES string of the molecule is CNC(c1cn[nH]c1)C(C)C. The minimum Gasteiger partial charge on any atom is -0.313 e. The normalized spacial score (nSPS) is 13.8. The van der Waals surface area contributed by atoms with E-state index in [2.05, 4.69) is 29.4 Å². The second kappa shape index (κ2) is 3.53. The first-order valence-corrected chi connectivity index (χ1v) is 3.91. The largest absolute Gasteiger partial charge is 0.313 e. The van der Waals surface area contributed by atoms with Crippen molar-refractivity contribution in [3.05, 3.63) is 18.0 Å². The van der Waals surface area contributed by atoms with Crippen molar-refractivity contribution in [3.63, 3.8) is 0 Å². The number of hydrogen-bond acceptors (Lipinski definition) is 2. The maximum absolute atomic E-state index is 3.91. The average Bonchev–Trinajstić information content (AvgIpc) is 2.40. The molecule has 0 fully saturated rings. The summed E-state index contributed by atoms with van der Waals surface area (Å²) in [5.41, 5.74) is 1.22. The highest BCUT2D eigenvalue weighted by atomic mass is 15.1. The topological polar surface area (TPSA) is 40.7 Å². The van der Waals surface area contributed by atoms with E-state index in [0.717, 1.165) is 0 Å². The fourth-order valence-corrected chi connectivity index (χ4v) is 1.32. The van der Waals surface area contributed by atoms with Gasteiger partial charge in [0.15, 0.2) is 0 Å². The van der Waals surface area contributed by atoms with Crippen LogP contribution in [0.1, 0.15) is 25.5 Å². The van der Waals surface area contributed by atoms with Crippen LogP contribution in [0.25, 0.3) is 0 Å². The number of hydrogen-bond donors (Lipinski definition) is 2. The Morgan fingerprint density at radius 2 is 2.27 bits per heavy atom. The maximum Gasteiger partial charge on any atom is 0.0535 e. The molecule has 3 nitrogen and oxygen atoms in total. The summed E-state index contributed by atoms with van der Waals surface area (Å²) in [6, 6.07) is 0.411. The highest BCUT2D eigenvalue weighted by Gasteiger charge is 2.13. The molecule has 11 heavy (non-hydrogen) atoms. The molecule has 0 amide bonds. The van der Waals surface area contributed by atoms with Crippen LogP contribution in [-0.4, -0.2) is 17.2 Å². The molecule has 0 aliphatic rings. The summed E-state index contributed by atoms with van der Waals surface area (Å²) in [4.78, 5) is 0. The predicted octanol–water partition coefficient (Wildman–Crippen LogP) is 1.33. The Kier molecular flexibility index (Phi) is 2.65. The van der Waals surface area contributed by atoms with Gasteiger partial charge < -0.3 is 5.32 Å². The van der Waals surface area contributed by atoms with Gasteiger partial charge in [-0.3, -0.25) is 5.10 Å². The zero-order chi connectivity index (χ0) is 8.27. The number of aromatic amines is 1. The van der Waals surface area contributed by atoms with Crippen LogP contribution in [0.2, 0.25) is 0 Å². The second-order valence-electron chi connectivity index (χ2n) is 3.04. The molecule has 1 aromatic rings. The lowest BCUT2D eigenvalue weighted by Gasteiger charge is -2.17. The van der Waals surface area contributed by atoms with Crippen molar-refractivity contribution in [2.45, 2.75) is 19.9 Å². The fraction of sp³-hybridized carbons (Fsp3) is 0.625. The smallest absolute Gasteiger partial charge is 0.0535 e. The van der Waals surface area contributed by atoms with Gasteiger partial charge in [0.25, 0.3) is 0 Å². The molecule has 0 aromatic carbocycles. The molecule has 1 heterocycles. The maximum atomic E-state index is 3.91. The van der Waals surface area contributed by atoms with E-state index in [1.54, 1.807) is 0 Å². The van der Waals surface area contributed by atoms with E-state index in [0.29, 0.717) is 12.0 Å². The molecule has 1 rings (SSSR count). The first-order valence-electron chi connectivity index (χ1n) is 3.91. The van der Waals surface area contributed by atoms with E-state index in [9.17, 15) is 0 Å². The highest BCUT2D eigenvalue weighted by molar-refractivity contribution is 5.09. The quantitative estimate of drug-likeness (QED) is 0.687. The number of nitrogens with one attached hydrogen (secondary N) is 2. The van der Waals surface area contributed by atoms with Crippen LogP contribution in [0.3, 0.4) is 0 Å². The molecule has 0 saturated heterocycles. The van der Waals surface area contributed by atoms with Gasteiger partial charge in [-0.2, -0.15) is 5.10 Å². The summed E-state index contributed by atoms with van der Waals surface area (Å²) in [5, 5.41) is 9.96. The highest BCUT2D eigenvalue weighted by Crippen LogP contribution is 2.18. The number of H-pyrrole nitrogens is 1. The number of nitrogens with zero attached hydrogens (tertiary/aromatic N) is 1. The van der Waals surface area contributed by atoms with Crippen molar-refractivity contribution in [2.75, 3.05) is 7.05 Å². The van der Waals surface area contributed by atoms with E-state index < -0.39 is 0 Å². The first kappa shape index (κ1) is 8.27. The Morgan fingerprint density at radius 3 is 2.64 bits per heavy atom. The third kappa shape index (κ3) is 1.80. The van der Waals surface area contributed by atoms with E-state index >= 15 is 0 Å². The molecule has 0 bridgehead atoms. The fourth-order valence-electron chi connectivity index (χ4n) is 1.32. The van der Waals surface area contributed by atoms with Crippen LogP contribution < -0.4 is 5.32 Å². The molecule has 0 saturated carbocycles. The van der Waals surface area contributed by atoms with Crippen molar-refractivity contribution in [1.29, 1.82) is 0 Å². The van der Waals surface area contributed by atoms with Gasteiger partial charge in [0.05, 0.1) is 6.20 Å². The lowest BCUT2D eigenvalue weighted by Crippen LogP contribution is -2.20. The molecule has 1 atom stereocenters. The van der Waals surface area contributed by atoms with Gasteiger partial charge in [-0.15, -0.1) is 0 Å². The van der Waals surface area contributed by atoms with Gasteiger partial charge >= 0.3 is 0 Å². The van der Waals surface area contributed by atoms with Crippen LogP contribution in [0.15, 0.2) is 12.4 Å². The number of aromatic nitrogens is 2. The molecule has 3 heteroatoms. The molecule has 2 N–H and O–H groups in total. The standard InChI is InChI=1S/C8H15N3/c1-6(2)8(9-3)7-4-10-11-5-7/h4-6,8-9H,1-3H3,(H,10,11). The second-order valence-corrected chi connectivity index (χ2v) is 3.04. The molecule has 62 valence electrons. The Labute approximate surface area is 67.2 Å². The molecule has 0 aliphatic carbocycles. The van der Waals surface area contributed by atoms with Crippen molar-refractivity contribution in [1.82, 2.24) is 15.5 Å². The molecule has 1 unspecified atom stereocenters. The Balaban J connectivity index is 2.71. The van der Waals surface area contributed by atoms with E-state index in [-0.39, 0.29) is 0 Å². The van der Waals surface area contributed by atoms with E-state index in [4.69, 9.17) is 0 Å². The van der Waals surface area contributed by atoms with Crippen molar-refractivity contribution >= 4 is 0 Å². The molecular weight excluding hydrogens is 138 g/mol. The number of rotatable bonds is 3. The van der Waals surface area contributed by atoms with Crippen LogP contribution in [0.5, 0.6) is 0 Å². The Bertz CT molecular complexity index is 191. The van der Waals surface area contributed by atoms with Crippen molar-refractivity contribution in [2.24, 2.45) is 5.92 Å². The Hall–Kier alpha value is -0.830. The van der Waals surface area contributed by atoms with Gasteiger partial charge in [0, 0.05) is 17.8 Å². The van der Waals surface area contributed by atoms with Crippen molar-refractivity contribution in [3.8, 4) is 0 Å². The monoisotopic (exact) mass is 153 g/mol. The van der Waals surface area contributed by atoms with Crippen LogP contribution >= 0.6 is 0 Å². The zero-order valence-electron chi connectivity index (χ0n) is 7.26. The first-order chi connectivity index (χ1) is 5.25. The van der Waals surface area contributed by atoms with Gasteiger partial charge in [0.2, 0.25) is 0 Å². The van der Waals surface area contributed by atoms with Crippen LogP contribution in [0, 0.1) is 5.92 Å². The van der Waals surface area contributed by atoms with E-state index in [1.165, 1.54) is 5.56 Å². The minimum absolute atomic E-state index is 0.411. The summed E-state index contributed by atoms with van der Waals surface area (Å²) >= 11 is 0. The van der Waals surface area contributed by atoms with Gasteiger partial charge in [-0.05, 0) is 13.0 Å². The molecule has 1 aromatic heterocycles. The summed E-state index contributed by atoms with van der Waals surface area (Å²) < 4.78 is 0. The minimum atomic E-state index is 0.411. The lowest BCUT2D eigenvalue weighted by atomic mass is 9.99. The molecule has 0 radical (unpaired) electrons. The Morgan fingerprint density at radius 1 is 1.55 bits per heavy atom. The predicted molar refractivity (Wildman–Crippen MR) is 45.2 cm³/mol. The third-order valence-electron chi connectivity index (χ3n) is 1.86. The van der Waals surface area contributed by atoms with Gasteiger partial charge in [-0.1, -0.05) is 13.8 Å². The van der Waals surface area contributed by atoms with Crippen LogP contribution in [0.4, 0.5) is 0 Å². The van der Waals surface area contributed by atoms with Crippen molar-refractivity contribution < 1.29 is 0 Å². The summed E-state index contributed by atoms with van der Waals surface area (Å²) in [6.07, 6.45) is 3.79. The lowest BCUT2D eigenvalue weighted by molar-refractivity contribution is 0.443. The van der Waals surface area contributed by atoms with Gasteiger partial charge in [0.1, 0.15) is 0 Å². The molecular formula is C8H15N3.